The Morgan fingerprint density at radius 1 is 1.62 bits per heavy atom. The second kappa shape index (κ2) is 2.96. The molecule has 1 aromatic rings. The lowest BCUT2D eigenvalue weighted by Gasteiger charge is -1.98. The van der Waals surface area contributed by atoms with Crippen molar-refractivity contribution in [3.8, 4) is 0 Å². The molecule has 0 unspecified atom stereocenters. The average molecular weight is 194 g/mol. The molecule has 0 saturated heterocycles. The Bertz CT molecular complexity index is 381. The van der Waals surface area contributed by atoms with Gasteiger partial charge in [-0.15, -0.1) is 11.3 Å². The lowest BCUT2D eigenvalue weighted by molar-refractivity contribution is -0.127. The minimum absolute atomic E-state index is 0.0684. The van der Waals surface area contributed by atoms with Crippen LogP contribution in [0.3, 0.4) is 0 Å². The fourth-order valence-corrected chi connectivity index (χ4v) is 2.00. The largest absolute Gasteiger partial charge is 0.273 e. The number of nitrogens with zero attached hydrogens (tertiary/aromatic N) is 2. The van der Waals surface area contributed by atoms with Gasteiger partial charge in [-0.25, -0.2) is 5.01 Å². The molecule has 0 aliphatic carbocycles. The molecular weight excluding hydrogens is 184 g/mol. The Morgan fingerprint density at radius 3 is 2.85 bits per heavy atom. The number of thiophene rings is 1. The Morgan fingerprint density at radius 2 is 2.38 bits per heavy atom. The summed E-state index contributed by atoms with van der Waals surface area (Å²) < 4.78 is 0. The molecule has 1 aliphatic rings. The quantitative estimate of drug-likeness (QED) is 0.668. The summed E-state index contributed by atoms with van der Waals surface area (Å²) in [7, 11) is 1.69. The van der Waals surface area contributed by atoms with E-state index in [1.807, 2.05) is 5.38 Å². The van der Waals surface area contributed by atoms with Crippen molar-refractivity contribution in [2.24, 2.45) is 5.10 Å². The summed E-state index contributed by atoms with van der Waals surface area (Å²) >= 11 is 1.68. The maximum absolute atomic E-state index is 11.2. The van der Waals surface area contributed by atoms with E-state index in [4.69, 9.17) is 0 Å². The van der Waals surface area contributed by atoms with Gasteiger partial charge in [-0.2, -0.15) is 5.10 Å². The van der Waals surface area contributed by atoms with E-state index in [1.54, 1.807) is 18.4 Å². The van der Waals surface area contributed by atoms with Crippen LogP contribution in [-0.2, 0) is 4.79 Å². The normalized spacial score (nSPS) is 16.6. The lowest BCUT2D eigenvalue weighted by Crippen LogP contribution is -2.14. The smallest absolute Gasteiger partial charge is 0.248 e. The molecule has 0 atom stereocenters. The van der Waals surface area contributed by atoms with E-state index in [9.17, 15) is 4.79 Å². The van der Waals surface area contributed by atoms with Gasteiger partial charge in [0.15, 0.2) is 0 Å². The zero-order valence-electron chi connectivity index (χ0n) is 7.57. The van der Waals surface area contributed by atoms with Crippen LogP contribution in [0.4, 0.5) is 0 Å². The van der Waals surface area contributed by atoms with Crippen LogP contribution in [0, 0.1) is 6.92 Å². The molecule has 0 bridgehead atoms. The van der Waals surface area contributed by atoms with Gasteiger partial charge in [0.05, 0.1) is 12.1 Å². The Hall–Kier alpha value is -1.16. The first-order chi connectivity index (χ1) is 6.16. The van der Waals surface area contributed by atoms with E-state index in [2.05, 4.69) is 18.1 Å². The number of rotatable bonds is 1. The topological polar surface area (TPSA) is 32.7 Å². The molecule has 0 aromatic carbocycles. The summed E-state index contributed by atoms with van der Waals surface area (Å²) in [6, 6.07) is 2.07. The first-order valence-corrected chi connectivity index (χ1v) is 4.94. The summed E-state index contributed by atoms with van der Waals surface area (Å²) in [5, 5.41) is 7.61. The van der Waals surface area contributed by atoms with Gasteiger partial charge < -0.3 is 0 Å². The summed E-state index contributed by atoms with van der Waals surface area (Å²) in [5.41, 5.74) is 1.97. The van der Waals surface area contributed by atoms with Gasteiger partial charge in [-0.05, 0) is 13.0 Å². The van der Waals surface area contributed by atoms with Gasteiger partial charge in [0.1, 0.15) is 0 Å². The van der Waals surface area contributed by atoms with Crippen LogP contribution in [-0.4, -0.2) is 23.7 Å². The van der Waals surface area contributed by atoms with Gasteiger partial charge in [0, 0.05) is 22.9 Å². The fourth-order valence-electron chi connectivity index (χ4n) is 1.28. The highest BCUT2D eigenvalue weighted by molar-refractivity contribution is 7.10. The molecule has 0 fully saturated rings. The second-order valence-electron chi connectivity index (χ2n) is 3.09. The van der Waals surface area contributed by atoms with Gasteiger partial charge >= 0.3 is 0 Å². The van der Waals surface area contributed by atoms with Crippen molar-refractivity contribution in [3.63, 3.8) is 0 Å². The van der Waals surface area contributed by atoms with Crippen LogP contribution in [0.25, 0.3) is 0 Å². The van der Waals surface area contributed by atoms with Gasteiger partial charge in [-0.1, -0.05) is 0 Å². The molecule has 3 nitrogen and oxygen atoms in total. The van der Waals surface area contributed by atoms with Crippen LogP contribution in [0.1, 0.15) is 16.9 Å². The molecular formula is C9H10N2OS. The second-order valence-corrected chi connectivity index (χ2v) is 4.20. The number of carbonyl (C=O) groups excluding carboxylic acids is 1. The van der Waals surface area contributed by atoms with Crippen molar-refractivity contribution in [1.29, 1.82) is 0 Å². The number of carbonyl (C=O) groups is 1. The highest BCUT2D eigenvalue weighted by Crippen LogP contribution is 2.19. The number of hydrogen-bond acceptors (Lipinski definition) is 3. The molecule has 4 heteroatoms. The molecule has 68 valence electrons. The minimum Gasteiger partial charge on any atom is -0.273 e. The van der Waals surface area contributed by atoms with E-state index in [1.165, 1.54) is 9.89 Å². The third kappa shape index (κ3) is 1.49. The number of amides is 1. The highest BCUT2D eigenvalue weighted by atomic mass is 32.1. The Labute approximate surface area is 80.7 Å². The van der Waals surface area contributed by atoms with Crippen LogP contribution in [0.15, 0.2) is 16.5 Å². The Balaban J connectivity index is 2.29. The number of hydrogen-bond donors (Lipinski definition) is 0. The van der Waals surface area contributed by atoms with E-state index < -0.39 is 0 Å². The summed E-state index contributed by atoms with van der Waals surface area (Å²) in [6.07, 6.45) is 0.437. The molecule has 1 aromatic heterocycles. The zero-order valence-corrected chi connectivity index (χ0v) is 8.39. The molecule has 13 heavy (non-hydrogen) atoms. The number of aryl methyl sites for hydroxylation is 1. The van der Waals surface area contributed by atoms with Crippen LogP contribution >= 0.6 is 11.3 Å². The van der Waals surface area contributed by atoms with E-state index in [-0.39, 0.29) is 5.91 Å². The van der Waals surface area contributed by atoms with Crippen molar-refractivity contribution in [3.05, 3.63) is 21.9 Å². The first kappa shape index (κ1) is 8.44. The average Bonchev–Trinajstić information content (AvgIpc) is 2.61. The summed E-state index contributed by atoms with van der Waals surface area (Å²) in [5.74, 6) is 0.0684. The molecule has 2 rings (SSSR count). The zero-order chi connectivity index (χ0) is 9.42. The molecule has 0 spiro atoms. The monoisotopic (exact) mass is 194 g/mol. The minimum atomic E-state index is 0.0684. The van der Waals surface area contributed by atoms with Crippen molar-refractivity contribution in [2.45, 2.75) is 13.3 Å². The lowest BCUT2D eigenvalue weighted by atomic mass is 10.1. The van der Waals surface area contributed by atoms with E-state index in [0.717, 1.165) is 11.3 Å². The van der Waals surface area contributed by atoms with Crippen molar-refractivity contribution in [1.82, 2.24) is 5.01 Å². The predicted molar refractivity (Wildman–Crippen MR) is 53.0 cm³/mol. The standard InChI is InChI=1S/C9H10N2OS/c1-6-3-7(5-13-6)8-4-9(12)11(2)10-8/h3,5H,4H2,1-2H3. The fraction of sp³-hybridized carbons (Fsp3) is 0.333. The number of hydrazone groups is 1. The maximum atomic E-state index is 11.2. The SMILES string of the molecule is Cc1cc(C2=NN(C)C(=O)C2)cs1. The van der Waals surface area contributed by atoms with E-state index in [0.29, 0.717) is 6.42 Å². The van der Waals surface area contributed by atoms with Crippen molar-refractivity contribution < 1.29 is 4.79 Å². The first-order valence-electron chi connectivity index (χ1n) is 4.06. The summed E-state index contributed by atoms with van der Waals surface area (Å²) in [4.78, 5) is 12.4. The Kier molecular flexibility index (Phi) is 1.92. The van der Waals surface area contributed by atoms with Crippen LogP contribution in [0.2, 0.25) is 0 Å². The van der Waals surface area contributed by atoms with Gasteiger partial charge in [0.25, 0.3) is 0 Å². The maximum Gasteiger partial charge on any atom is 0.248 e. The molecule has 0 radical (unpaired) electrons. The molecule has 0 saturated carbocycles. The van der Waals surface area contributed by atoms with Crippen molar-refractivity contribution in [2.75, 3.05) is 7.05 Å². The van der Waals surface area contributed by atoms with E-state index >= 15 is 0 Å². The van der Waals surface area contributed by atoms with Crippen LogP contribution < -0.4 is 0 Å². The van der Waals surface area contributed by atoms with Gasteiger partial charge in [-0.3, -0.25) is 4.79 Å². The molecule has 1 aliphatic heterocycles. The van der Waals surface area contributed by atoms with Gasteiger partial charge in [0.2, 0.25) is 5.91 Å². The van der Waals surface area contributed by atoms with Crippen LogP contribution in [0.5, 0.6) is 0 Å². The summed E-state index contributed by atoms with van der Waals surface area (Å²) in [6.45, 7) is 2.05. The molecule has 0 N–H and O–H groups in total. The third-order valence-corrected chi connectivity index (χ3v) is 2.88. The van der Waals surface area contributed by atoms with Crippen molar-refractivity contribution >= 4 is 23.0 Å². The highest BCUT2D eigenvalue weighted by Gasteiger charge is 2.21. The molecule has 1 amide bonds. The third-order valence-electron chi connectivity index (χ3n) is 2.01. The molecule has 2 heterocycles. The predicted octanol–water partition coefficient (Wildman–Crippen LogP) is 1.62.